The second-order valence-electron chi connectivity index (χ2n) is 5.16. The molecule has 1 heterocycles. The number of nitrogens with two attached hydrogens (primary N) is 1. The number of rotatable bonds is 3. The SMILES string of the molecule is NS(=O)(=O)c1ccccc1S(=O)(=O)N1CCCCCCC1. The van der Waals surface area contributed by atoms with Crippen LogP contribution in [0.4, 0.5) is 0 Å². The lowest BCUT2D eigenvalue weighted by molar-refractivity contribution is 0.363. The van der Waals surface area contributed by atoms with Crippen molar-refractivity contribution >= 4 is 20.0 Å². The van der Waals surface area contributed by atoms with Crippen molar-refractivity contribution in [2.45, 2.75) is 41.9 Å². The Hall–Kier alpha value is -0.960. The monoisotopic (exact) mass is 332 g/mol. The predicted molar refractivity (Wildman–Crippen MR) is 79.7 cm³/mol. The molecule has 0 aliphatic carbocycles. The van der Waals surface area contributed by atoms with Crippen LogP contribution in [0.5, 0.6) is 0 Å². The highest BCUT2D eigenvalue weighted by molar-refractivity contribution is 7.92. The molecule has 118 valence electrons. The van der Waals surface area contributed by atoms with E-state index in [1.54, 1.807) is 0 Å². The smallest absolute Gasteiger partial charge is 0.225 e. The van der Waals surface area contributed by atoms with Crippen molar-refractivity contribution in [3.8, 4) is 0 Å². The molecule has 0 amide bonds. The molecule has 2 rings (SSSR count). The van der Waals surface area contributed by atoms with Crippen molar-refractivity contribution in [3.63, 3.8) is 0 Å². The van der Waals surface area contributed by atoms with Gasteiger partial charge in [-0.15, -0.1) is 0 Å². The fourth-order valence-corrected chi connectivity index (χ4v) is 5.37. The first-order valence-corrected chi connectivity index (χ1v) is 9.94. The van der Waals surface area contributed by atoms with Gasteiger partial charge in [-0.3, -0.25) is 0 Å². The van der Waals surface area contributed by atoms with E-state index >= 15 is 0 Å². The first-order valence-electron chi connectivity index (χ1n) is 6.95. The molecule has 2 N–H and O–H groups in total. The Balaban J connectivity index is 2.44. The van der Waals surface area contributed by atoms with Crippen LogP contribution in [-0.2, 0) is 20.0 Å². The zero-order valence-electron chi connectivity index (χ0n) is 11.7. The highest BCUT2D eigenvalue weighted by Crippen LogP contribution is 2.25. The van der Waals surface area contributed by atoms with E-state index in [9.17, 15) is 16.8 Å². The molecule has 1 aliphatic heterocycles. The van der Waals surface area contributed by atoms with Crippen LogP contribution in [0.15, 0.2) is 34.1 Å². The van der Waals surface area contributed by atoms with Gasteiger partial charge in [0.1, 0.15) is 9.79 Å². The first-order chi connectivity index (χ1) is 9.83. The molecular weight excluding hydrogens is 312 g/mol. The third-order valence-corrected chi connectivity index (χ3v) is 6.64. The number of hydrogen-bond acceptors (Lipinski definition) is 4. The normalized spacial score (nSPS) is 18.9. The van der Waals surface area contributed by atoms with Crippen LogP contribution in [0.1, 0.15) is 32.1 Å². The molecule has 0 bridgehead atoms. The van der Waals surface area contributed by atoms with Crippen molar-refractivity contribution < 1.29 is 16.8 Å². The summed E-state index contributed by atoms with van der Waals surface area (Å²) in [7, 11) is -7.92. The lowest BCUT2D eigenvalue weighted by Crippen LogP contribution is -2.35. The molecule has 0 unspecified atom stereocenters. The Morgan fingerprint density at radius 1 is 0.810 bits per heavy atom. The van der Waals surface area contributed by atoms with Gasteiger partial charge in [0, 0.05) is 13.1 Å². The van der Waals surface area contributed by atoms with E-state index in [-0.39, 0.29) is 9.79 Å². The molecule has 21 heavy (non-hydrogen) atoms. The molecule has 0 aromatic heterocycles. The van der Waals surface area contributed by atoms with E-state index in [0.717, 1.165) is 32.1 Å². The zero-order chi connectivity index (χ0) is 15.5. The van der Waals surface area contributed by atoms with Crippen molar-refractivity contribution in [2.75, 3.05) is 13.1 Å². The van der Waals surface area contributed by atoms with Crippen LogP contribution in [0, 0.1) is 0 Å². The third kappa shape index (κ3) is 3.82. The van der Waals surface area contributed by atoms with E-state index < -0.39 is 20.0 Å². The van der Waals surface area contributed by atoms with Gasteiger partial charge in [0.15, 0.2) is 0 Å². The molecule has 8 heteroatoms. The Morgan fingerprint density at radius 3 is 1.81 bits per heavy atom. The van der Waals surface area contributed by atoms with E-state index in [1.165, 1.54) is 28.6 Å². The lowest BCUT2D eigenvalue weighted by atomic mass is 10.1. The molecule has 1 aromatic rings. The standard InChI is InChI=1S/C13H20N2O4S2/c14-20(16,17)12-8-4-5-9-13(12)21(18,19)15-10-6-2-1-3-7-11-15/h4-5,8-9H,1-3,6-7,10-11H2,(H2,14,16,17). The van der Waals surface area contributed by atoms with E-state index in [1.807, 2.05) is 0 Å². The molecule has 0 spiro atoms. The van der Waals surface area contributed by atoms with Crippen molar-refractivity contribution in [1.82, 2.24) is 4.31 Å². The number of nitrogens with zero attached hydrogens (tertiary/aromatic N) is 1. The maximum Gasteiger partial charge on any atom is 0.244 e. The van der Waals surface area contributed by atoms with Crippen LogP contribution < -0.4 is 5.14 Å². The molecule has 0 radical (unpaired) electrons. The maximum atomic E-state index is 12.7. The van der Waals surface area contributed by atoms with Crippen LogP contribution >= 0.6 is 0 Å². The average Bonchev–Trinajstić information content (AvgIpc) is 2.37. The largest absolute Gasteiger partial charge is 0.244 e. The second kappa shape index (κ2) is 6.43. The van der Waals surface area contributed by atoms with Gasteiger partial charge < -0.3 is 0 Å². The number of benzene rings is 1. The van der Waals surface area contributed by atoms with Gasteiger partial charge in [0.05, 0.1) is 0 Å². The van der Waals surface area contributed by atoms with Crippen molar-refractivity contribution in [2.24, 2.45) is 5.14 Å². The van der Waals surface area contributed by atoms with E-state index in [4.69, 9.17) is 5.14 Å². The minimum atomic E-state index is -4.08. The molecule has 1 aromatic carbocycles. The van der Waals surface area contributed by atoms with Crippen LogP contribution in [0.25, 0.3) is 0 Å². The number of primary sulfonamides is 1. The topological polar surface area (TPSA) is 97.5 Å². The van der Waals surface area contributed by atoms with E-state index in [2.05, 4.69) is 0 Å². The summed E-state index contributed by atoms with van der Waals surface area (Å²) in [6, 6.07) is 5.50. The highest BCUT2D eigenvalue weighted by Gasteiger charge is 2.29. The van der Waals surface area contributed by atoms with Gasteiger partial charge in [-0.05, 0) is 25.0 Å². The van der Waals surface area contributed by atoms with Crippen LogP contribution in [0.2, 0.25) is 0 Å². The Bertz CT molecular complexity index is 691. The van der Waals surface area contributed by atoms with Gasteiger partial charge in [-0.1, -0.05) is 31.4 Å². The maximum absolute atomic E-state index is 12.7. The molecule has 1 saturated heterocycles. The molecule has 1 fully saturated rings. The summed E-state index contributed by atoms with van der Waals surface area (Å²) >= 11 is 0. The average molecular weight is 332 g/mol. The third-order valence-electron chi connectivity index (χ3n) is 3.59. The summed E-state index contributed by atoms with van der Waals surface area (Å²) < 4.78 is 50.0. The molecule has 1 aliphatic rings. The molecular formula is C13H20N2O4S2. The highest BCUT2D eigenvalue weighted by atomic mass is 32.2. The number of sulfonamides is 2. The Kier molecular flexibility index (Phi) is 5.03. The summed E-state index contributed by atoms with van der Waals surface area (Å²) in [5.74, 6) is 0. The Morgan fingerprint density at radius 2 is 1.29 bits per heavy atom. The first kappa shape index (κ1) is 16.4. The molecule has 0 saturated carbocycles. The van der Waals surface area contributed by atoms with Crippen LogP contribution in [-0.4, -0.2) is 34.2 Å². The minimum absolute atomic E-state index is 0.229. The Labute approximate surface area is 126 Å². The van der Waals surface area contributed by atoms with Crippen molar-refractivity contribution in [3.05, 3.63) is 24.3 Å². The fourth-order valence-electron chi connectivity index (χ4n) is 2.50. The minimum Gasteiger partial charge on any atom is -0.225 e. The second-order valence-corrected chi connectivity index (χ2v) is 8.60. The number of hydrogen-bond donors (Lipinski definition) is 1. The van der Waals surface area contributed by atoms with Crippen molar-refractivity contribution in [1.29, 1.82) is 0 Å². The molecule has 0 atom stereocenters. The summed E-state index contributed by atoms with van der Waals surface area (Å²) in [6.07, 6.45) is 4.67. The van der Waals surface area contributed by atoms with Gasteiger partial charge in [-0.2, -0.15) is 4.31 Å². The fraction of sp³-hybridized carbons (Fsp3) is 0.538. The summed E-state index contributed by atoms with van der Waals surface area (Å²) in [6.45, 7) is 0.836. The van der Waals surface area contributed by atoms with Gasteiger partial charge >= 0.3 is 0 Å². The van der Waals surface area contributed by atoms with E-state index in [0.29, 0.717) is 13.1 Å². The van der Waals surface area contributed by atoms with Gasteiger partial charge in [0.2, 0.25) is 20.0 Å². The molecule has 6 nitrogen and oxygen atoms in total. The van der Waals surface area contributed by atoms with Crippen LogP contribution in [0.3, 0.4) is 0 Å². The quantitative estimate of drug-likeness (QED) is 0.901. The summed E-state index contributed by atoms with van der Waals surface area (Å²) in [4.78, 5) is -0.569. The van der Waals surface area contributed by atoms with Gasteiger partial charge in [-0.25, -0.2) is 22.0 Å². The zero-order valence-corrected chi connectivity index (χ0v) is 13.4. The summed E-state index contributed by atoms with van der Waals surface area (Å²) in [5, 5.41) is 5.13. The summed E-state index contributed by atoms with van der Waals surface area (Å²) in [5.41, 5.74) is 0. The van der Waals surface area contributed by atoms with Gasteiger partial charge in [0.25, 0.3) is 0 Å². The lowest BCUT2D eigenvalue weighted by Gasteiger charge is -2.24. The predicted octanol–water partition coefficient (Wildman–Crippen LogP) is 1.29.